The molecule has 1 aliphatic rings. The third-order valence-electron chi connectivity index (χ3n) is 4.87. The number of carbonyl (C=O) groups is 1. The van der Waals surface area contributed by atoms with Crippen LogP contribution in [0.1, 0.15) is 42.6 Å². The van der Waals surface area contributed by atoms with E-state index in [2.05, 4.69) is 37.9 Å². The number of benzene rings is 1. The Hall–Kier alpha value is -1.35. The molecule has 0 spiro atoms. The van der Waals surface area contributed by atoms with Crippen molar-refractivity contribution in [1.82, 2.24) is 4.90 Å². The van der Waals surface area contributed by atoms with Crippen LogP contribution in [-0.2, 0) is 10.2 Å². The number of nitrogens with zero attached hydrogens (tertiary/aromatic N) is 1. The van der Waals surface area contributed by atoms with Crippen LogP contribution in [0, 0.1) is 5.92 Å². The molecule has 0 amide bonds. The van der Waals surface area contributed by atoms with Gasteiger partial charge in [0.05, 0.1) is 12.7 Å². The summed E-state index contributed by atoms with van der Waals surface area (Å²) in [5.41, 5.74) is 2.22. The Morgan fingerprint density at radius 2 is 1.75 bits per heavy atom. The van der Waals surface area contributed by atoms with Gasteiger partial charge in [-0.2, -0.15) is 0 Å². The van der Waals surface area contributed by atoms with Gasteiger partial charge in [0.1, 0.15) is 0 Å². The number of carbonyl (C=O) groups excluding carboxylic acids is 1. The molecule has 1 heterocycles. The summed E-state index contributed by atoms with van der Waals surface area (Å²) in [6.07, 6.45) is 2.36. The second-order valence-electron chi connectivity index (χ2n) is 6.18. The molecule has 0 aliphatic carbocycles. The third kappa shape index (κ3) is 2.73. The van der Waals surface area contributed by atoms with E-state index in [0.29, 0.717) is 11.5 Å². The highest BCUT2D eigenvalue weighted by atomic mass is 16.5. The van der Waals surface area contributed by atoms with Crippen molar-refractivity contribution in [3.05, 3.63) is 35.4 Å². The van der Waals surface area contributed by atoms with E-state index in [1.165, 1.54) is 25.5 Å². The van der Waals surface area contributed by atoms with E-state index in [1.54, 1.807) is 0 Å². The Bertz CT molecular complexity index is 456. The lowest BCUT2D eigenvalue weighted by Gasteiger charge is -2.44. The smallest absolute Gasteiger partial charge is 0.337 e. The lowest BCUT2D eigenvalue weighted by Crippen LogP contribution is -2.44. The number of ether oxygens (including phenoxy) is 1. The van der Waals surface area contributed by atoms with Gasteiger partial charge >= 0.3 is 5.97 Å². The highest BCUT2D eigenvalue weighted by Crippen LogP contribution is 2.41. The molecule has 0 radical (unpaired) electrons. The lowest BCUT2D eigenvalue weighted by atomic mass is 9.65. The molecule has 110 valence electrons. The Labute approximate surface area is 121 Å². The predicted molar refractivity (Wildman–Crippen MR) is 81.0 cm³/mol. The van der Waals surface area contributed by atoms with E-state index in [1.807, 2.05) is 12.1 Å². The first-order valence-corrected chi connectivity index (χ1v) is 7.37. The lowest BCUT2D eigenvalue weighted by molar-refractivity contribution is 0.0600. The van der Waals surface area contributed by atoms with Crippen molar-refractivity contribution < 1.29 is 9.53 Å². The molecule has 3 heteroatoms. The summed E-state index contributed by atoms with van der Waals surface area (Å²) in [6.45, 7) is 6.88. The summed E-state index contributed by atoms with van der Waals surface area (Å²) in [7, 11) is 3.60. The van der Waals surface area contributed by atoms with Crippen LogP contribution < -0.4 is 0 Å². The molecule has 1 fully saturated rings. The van der Waals surface area contributed by atoms with Gasteiger partial charge in [-0.1, -0.05) is 26.0 Å². The van der Waals surface area contributed by atoms with Gasteiger partial charge in [0.15, 0.2) is 0 Å². The monoisotopic (exact) mass is 275 g/mol. The molecule has 0 aromatic heterocycles. The molecule has 2 rings (SSSR count). The second kappa shape index (κ2) is 5.96. The summed E-state index contributed by atoms with van der Waals surface area (Å²) < 4.78 is 4.76. The molecule has 1 aliphatic heterocycles. The van der Waals surface area contributed by atoms with Crippen LogP contribution in [0.5, 0.6) is 0 Å². The normalized spacial score (nSPS) is 19.1. The van der Waals surface area contributed by atoms with Crippen LogP contribution in [0.3, 0.4) is 0 Å². The highest BCUT2D eigenvalue weighted by molar-refractivity contribution is 5.89. The van der Waals surface area contributed by atoms with Crippen LogP contribution >= 0.6 is 0 Å². The highest BCUT2D eigenvalue weighted by Gasteiger charge is 2.38. The number of hydrogen-bond donors (Lipinski definition) is 0. The molecule has 0 unspecified atom stereocenters. The fourth-order valence-electron chi connectivity index (χ4n) is 3.27. The van der Waals surface area contributed by atoms with Crippen molar-refractivity contribution in [2.45, 2.75) is 32.1 Å². The standard InChI is InChI=1S/C17H25NO2/c1-13(2)17(9-11-18(3)12-10-17)15-7-5-14(6-8-15)16(19)20-4/h5-8,13H,9-12H2,1-4H3. The molecule has 0 saturated carbocycles. The maximum atomic E-state index is 11.5. The summed E-state index contributed by atoms with van der Waals surface area (Å²) in [6, 6.07) is 8.00. The molecule has 1 saturated heterocycles. The molecule has 0 bridgehead atoms. The van der Waals surface area contributed by atoms with Crippen molar-refractivity contribution in [3.8, 4) is 0 Å². The van der Waals surface area contributed by atoms with Crippen molar-refractivity contribution >= 4 is 5.97 Å². The number of hydrogen-bond acceptors (Lipinski definition) is 3. The fraction of sp³-hybridized carbons (Fsp3) is 0.588. The average Bonchev–Trinajstić information content (AvgIpc) is 2.47. The maximum Gasteiger partial charge on any atom is 0.337 e. The first-order valence-electron chi connectivity index (χ1n) is 7.37. The summed E-state index contributed by atoms with van der Waals surface area (Å²) in [4.78, 5) is 13.9. The van der Waals surface area contributed by atoms with Gasteiger partial charge < -0.3 is 9.64 Å². The van der Waals surface area contributed by atoms with Crippen LogP contribution in [-0.4, -0.2) is 38.1 Å². The van der Waals surface area contributed by atoms with Crippen LogP contribution in [0.4, 0.5) is 0 Å². The Kier molecular flexibility index (Phi) is 4.48. The molecular weight excluding hydrogens is 250 g/mol. The van der Waals surface area contributed by atoms with Gasteiger partial charge in [-0.25, -0.2) is 4.79 Å². The van der Waals surface area contributed by atoms with Gasteiger partial charge in [0.25, 0.3) is 0 Å². The molecule has 1 aromatic carbocycles. The SMILES string of the molecule is COC(=O)c1ccc(C2(C(C)C)CCN(C)CC2)cc1. The van der Waals surface area contributed by atoms with Gasteiger partial charge in [0.2, 0.25) is 0 Å². The quantitative estimate of drug-likeness (QED) is 0.794. The Morgan fingerprint density at radius 3 is 2.20 bits per heavy atom. The van der Waals surface area contributed by atoms with Crippen molar-refractivity contribution in [1.29, 1.82) is 0 Å². The molecular formula is C17H25NO2. The zero-order valence-electron chi connectivity index (χ0n) is 13.0. The van der Waals surface area contributed by atoms with E-state index >= 15 is 0 Å². The van der Waals surface area contributed by atoms with Crippen molar-refractivity contribution in [2.24, 2.45) is 5.92 Å². The summed E-state index contributed by atoms with van der Waals surface area (Å²) in [5.74, 6) is 0.332. The van der Waals surface area contributed by atoms with Crippen LogP contribution in [0.2, 0.25) is 0 Å². The minimum absolute atomic E-state index is 0.237. The van der Waals surface area contributed by atoms with Gasteiger partial charge in [-0.05, 0) is 56.6 Å². The van der Waals surface area contributed by atoms with Crippen LogP contribution in [0.15, 0.2) is 24.3 Å². The molecule has 0 N–H and O–H groups in total. The number of methoxy groups -OCH3 is 1. The largest absolute Gasteiger partial charge is 0.465 e. The third-order valence-corrected chi connectivity index (χ3v) is 4.87. The average molecular weight is 275 g/mol. The Balaban J connectivity index is 2.29. The summed E-state index contributed by atoms with van der Waals surface area (Å²) >= 11 is 0. The van der Waals surface area contributed by atoms with Crippen LogP contribution in [0.25, 0.3) is 0 Å². The molecule has 0 atom stereocenters. The first-order chi connectivity index (χ1) is 9.49. The minimum atomic E-state index is -0.265. The van der Waals surface area contributed by atoms with E-state index in [-0.39, 0.29) is 11.4 Å². The zero-order valence-corrected chi connectivity index (χ0v) is 13.0. The van der Waals surface area contributed by atoms with E-state index < -0.39 is 0 Å². The topological polar surface area (TPSA) is 29.5 Å². The number of piperidine rings is 1. The van der Waals surface area contributed by atoms with Gasteiger partial charge in [0, 0.05) is 5.41 Å². The van der Waals surface area contributed by atoms with E-state index in [4.69, 9.17) is 4.74 Å². The van der Waals surface area contributed by atoms with E-state index in [0.717, 1.165) is 13.1 Å². The van der Waals surface area contributed by atoms with E-state index in [9.17, 15) is 4.79 Å². The van der Waals surface area contributed by atoms with Crippen molar-refractivity contribution in [3.63, 3.8) is 0 Å². The number of esters is 1. The van der Waals surface area contributed by atoms with Crippen molar-refractivity contribution in [2.75, 3.05) is 27.2 Å². The molecule has 3 nitrogen and oxygen atoms in total. The predicted octanol–water partition coefficient (Wildman–Crippen LogP) is 3.09. The summed E-state index contributed by atoms with van der Waals surface area (Å²) in [5, 5.41) is 0. The first kappa shape index (κ1) is 15.0. The Morgan fingerprint density at radius 1 is 1.20 bits per heavy atom. The molecule has 1 aromatic rings. The minimum Gasteiger partial charge on any atom is -0.465 e. The zero-order chi connectivity index (χ0) is 14.8. The van der Waals surface area contributed by atoms with Gasteiger partial charge in [-0.3, -0.25) is 0 Å². The number of rotatable bonds is 3. The van der Waals surface area contributed by atoms with Gasteiger partial charge in [-0.15, -0.1) is 0 Å². The molecule has 20 heavy (non-hydrogen) atoms. The number of likely N-dealkylation sites (tertiary alicyclic amines) is 1. The fourth-order valence-corrected chi connectivity index (χ4v) is 3.27. The second-order valence-corrected chi connectivity index (χ2v) is 6.18. The maximum absolute atomic E-state index is 11.5.